The number of ether oxygens (including phenoxy) is 1. The second-order valence-electron chi connectivity index (χ2n) is 5.42. The normalized spacial score (nSPS) is 10.1. The summed E-state index contributed by atoms with van der Waals surface area (Å²) in [4.78, 5) is 15.7. The van der Waals surface area contributed by atoms with Crippen LogP contribution in [-0.4, -0.2) is 17.9 Å². The van der Waals surface area contributed by atoms with Gasteiger partial charge >= 0.3 is 0 Å². The van der Waals surface area contributed by atoms with Gasteiger partial charge in [0.2, 0.25) is 0 Å². The number of hydrogen-bond acceptors (Lipinski definition) is 4. The molecular weight excluding hydrogens is 314 g/mol. The third-order valence-corrected chi connectivity index (χ3v) is 3.59. The van der Waals surface area contributed by atoms with E-state index >= 15 is 0 Å². The molecule has 2 aromatic carbocycles. The van der Waals surface area contributed by atoms with Gasteiger partial charge in [-0.15, -0.1) is 0 Å². The molecular formula is C20H19N3O2. The summed E-state index contributed by atoms with van der Waals surface area (Å²) in [7, 11) is 1.59. The van der Waals surface area contributed by atoms with Crippen LogP contribution in [-0.2, 0) is 6.54 Å². The summed E-state index contributed by atoms with van der Waals surface area (Å²) < 4.78 is 5.85. The minimum atomic E-state index is -0.207. The summed E-state index contributed by atoms with van der Waals surface area (Å²) in [5.41, 5.74) is 2.29. The average molecular weight is 333 g/mol. The molecule has 25 heavy (non-hydrogen) atoms. The topological polar surface area (TPSA) is 63.2 Å². The van der Waals surface area contributed by atoms with Crippen LogP contribution < -0.4 is 15.4 Å². The molecule has 3 rings (SSSR count). The summed E-state index contributed by atoms with van der Waals surface area (Å²) in [6.45, 7) is 0.614. The van der Waals surface area contributed by atoms with Crippen LogP contribution in [0.4, 0.5) is 5.69 Å². The zero-order valence-electron chi connectivity index (χ0n) is 13.9. The van der Waals surface area contributed by atoms with Crippen molar-refractivity contribution >= 4 is 11.6 Å². The molecule has 0 atom stereocenters. The molecule has 5 heteroatoms. The van der Waals surface area contributed by atoms with E-state index < -0.39 is 0 Å². The van der Waals surface area contributed by atoms with Crippen molar-refractivity contribution in [3.05, 3.63) is 84.2 Å². The van der Waals surface area contributed by atoms with Crippen molar-refractivity contribution in [3.63, 3.8) is 0 Å². The zero-order valence-corrected chi connectivity index (χ0v) is 13.9. The largest absolute Gasteiger partial charge is 0.457 e. The van der Waals surface area contributed by atoms with Gasteiger partial charge in [0.25, 0.3) is 5.91 Å². The summed E-state index contributed by atoms with van der Waals surface area (Å²) in [6.07, 6.45) is 1.61. The van der Waals surface area contributed by atoms with Crippen molar-refractivity contribution in [3.8, 4) is 11.5 Å². The van der Waals surface area contributed by atoms with Crippen LogP contribution >= 0.6 is 0 Å². The van der Waals surface area contributed by atoms with Crippen molar-refractivity contribution in [2.75, 3.05) is 12.4 Å². The predicted molar refractivity (Wildman–Crippen MR) is 97.9 cm³/mol. The lowest BCUT2D eigenvalue weighted by atomic mass is 10.2. The third-order valence-electron chi connectivity index (χ3n) is 3.59. The summed E-state index contributed by atoms with van der Waals surface area (Å²) in [6, 6.07) is 21.1. The molecule has 3 aromatic rings. The van der Waals surface area contributed by atoms with Crippen molar-refractivity contribution in [2.45, 2.75) is 6.54 Å². The number of amides is 1. The molecule has 0 fully saturated rings. The van der Waals surface area contributed by atoms with E-state index in [0.29, 0.717) is 12.2 Å². The fraction of sp³-hybridized carbons (Fsp3) is 0.100. The molecule has 0 spiro atoms. The Morgan fingerprint density at radius 1 is 1.00 bits per heavy atom. The van der Waals surface area contributed by atoms with E-state index in [9.17, 15) is 4.79 Å². The highest BCUT2D eigenvalue weighted by atomic mass is 16.5. The molecule has 0 aliphatic carbocycles. The van der Waals surface area contributed by atoms with E-state index in [4.69, 9.17) is 4.74 Å². The van der Waals surface area contributed by atoms with Gasteiger partial charge in [-0.25, -0.2) is 0 Å². The molecule has 0 unspecified atom stereocenters. The van der Waals surface area contributed by atoms with Gasteiger partial charge < -0.3 is 15.4 Å². The Morgan fingerprint density at radius 3 is 2.60 bits per heavy atom. The van der Waals surface area contributed by atoms with E-state index in [1.807, 2.05) is 60.7 Å². The Bertz CT molecular complexity index is 850. The molecule has 0 aliphatic heterocycles. The molecule has 0 bridgehead atoms. The number of benzene rings is 2. The van der Waals surface area contributed by atoms with Gasteiger partial charge in [0.1, 0.15) is 17.2 Å². The second kappa shape index (κ2) is 7.97. The first-order valence-corrected chi connectivity index (χ1v) is 7.98. The SMILES string of the molecule is CNC(=O)c1cc(NCc2cccc(Oc3ccccc3)c2)ccn1. The van der Waals surface area contributed by atoms with Crippen LogP contribution in [0, 0.1) is 0 Å². The van der Waals surface area contributed by atoms with Crippen molar-refractivity contribution in [2.24, 2.45) is 0 Å². The molecule has 0 radical (unpaired) electrons. The highest BCUT2D eigenvalue weighted by Gasteiger charge is 2.05. The van der Waals surface area contributed by atoms with Crippen LogP contribution in [0.25, 0.3) is 0 Å². The zero-order chi connectivity index (χ0) is 17.5. The Kier molecular flexibility index (Phi) is 5.26. The van der Waals surface area contributed by atoms with Crippen molar-refractivity contribution in [1.29, 1.82) is 0 Å². The Hall–Kier alpha value is -3.34. The first kappa shape index (κ1) is 16.5. The lowest BCUT2D eigenvalue weighted by molar-refractivity contribution is 0.0958. The number of anilines is 1. The third kappa shape index (κ3) is 4.57. The van der Waals surface area contributed by atoms with Gasteiger partial charge in [-0.2, -0.15) is 0 Å². The first-order valence-electron chi connectivity index (χ1n) is 7.98. The van der Waals surface area contributed by atoms with E-state index in [1.54, 1.807) is 19.3 Å². The number of nitrogens with one attached hydrogen (secondary N) is 2. The second-order valence-corrected chi connectivity index (χ2v) is 5.42. The minimum absolute atomic E-state index is 0.207. The minimum Gasteiger partial charge on any atom is -0.457 e. The molecule has 0 aliphatic rings. The van der Waals surface area contributed by atoms with E-state index in [-0.39, 0.29) is 5.91 Å². The number of pyridine rings is 1. The maximum Gasteiger partial charge on any atom is 0.269 e. The Labute approximate surface area is 146 Å². The molecule has 1 amide bonds. The van der Waals surface area contributed by atoms with Crippen molar-refractivity contribution in [1.82, 2.24) is 10.3 Å². The lowest BCUT2D eigenvalue weighted by Crippen LogP contribution is -2.19. The smallest absolute Gasteiger partial charge is 0.269 e. The van der Waals surface area contributed by atoms with Gasteiger partial charge in [-0.05, 0) is 42.0 Å². The molecule has 1 aromatic heterocycles. The summed E-state index contributed by atoms with van der Waals surface area (Å²) in [5.74, 6) is 1.38. The molecule has 1 heterocycles. The van der Waals surface area contributed by atoms with E-state index in [1.165, 1.54) is 0 Å². The van der Waals surface area contributed by atoms with Crippen LogP contribution in [0.3, 0.4) is 0 Å². The fourth-order valence-electron chi connectivity index (χ4n) is 2.34. The summed E-state index contributed by atoms with van der Waals surface area (Å²) >= 11 is 0. The molecule has 0 saturated carbocycles. The summed E-state index contributed by atoms with van der Waals surface area (Å²) in [5, 5.41) is 5.86. The first-order chi connectivity index (χ1) is 12.2. The van der Waals surface area contributed by atoms with E-state index in [2.05, 4.69) is 15.6 Å². The standard InChI is InChI=1S/C20H19N3O2/c1-21-20(24)19-13-16(10-11-22-19)23-14-15-6-5-9-18(12-15)25-17-7-3-2-4-8-17/h2-13H,14H2,1H3,(H,21,24)(H,22,23). The van der Waals surface area contributed by atoms with Gasteiger partial charge in [-0.3, -0.25) is 9.78 Å². The Morgan fingerprint density at radius 2 is 1.80 bits per heavy atom. The quantitative estimate of drug-likeness (QED) is 0.719. The predicted octanol–water partition coefficient (Wildman–Crippen LogP) is 3.85. The van der Waals surface area contributed by atoms with E-state index in [0.717, 1.165) is 22.7 Å². The highest BCUT2D eigenvalue weighted by Crippen LogP contribution is 2.22. The van der Waals surface area contributed by atoms with Gasteiger partial charge in [0.05, 0.1) is 0 Å². The Balaban J connectivity index is 1.66. The molecule has 0 saturated heterocycles. The number of nitrogens with zero attached hydrogens (tertiary/aromatic N) is 1. The van der Waals surface area contributed by atoms with Gasteiger partial charge in [-0.1, -0.05) is 30.3 Å². The monoisotopic (exact) mass is 333 g/mol. The van der Waals surface area contributed by atoms with Crippen LogP contribution in [0.15, 0.2) is 72.9 Å². The number of carbonyl (C=O) groups is 1. The van der Waals surface area contributed by atoms with Crippen molar-refractivity contribution < 1.29 is 9.53 Å². The molecule has 2 N–H and O–H groups in total. The fourth-order valence-corrected chi connectivity index (χ4v) is 2.34. The number of carbonyl (C=O) groups excluding carboxylic acids is 1. The molecule has 126 valence electrons. The maximum atomic E-state index is 11.6. The highest BCUT2D eigenvalue weighted by molar-refractivity contribution is 5.92. The van der Waals surface area contributed by atoms with Crippen LogP contribution in [0.5, 0.6) is 11.5 Å². The van der Waals surface area contributed by atoms with Gasteiger partial charge in [0, 0.05) is 25.5 Å². The number of para-hydroxylation sites is 1. The van der Waals surface area contributed by atoms with Gasteiger partial charge in [0.15, 0.2) is 0 Å². The lowest BCUT2D eigenvalue weighted by Gasteiger charge is -2.10. The number of rotatable bonds is 6. The van der Waals surface area contributed by atoms with Crippen LogP contribution in [0.2, 0.25) is 0 Å². The van der Waals surface area contributed by atoms with Crippen LogP contribution in [0.1, 0.15) is 16.1 Å². The number of aromatic nitrogens is 1. The number of hydrogen-bond donors (Lipinski definition) is 2. The molecule has 5 nitrogen and oxygen atoms in total. The maximum absolute atomic E-state index is 11.6. The average Bonchev–Trinajstić information content (AvgIpc) is 2.67.